The van der Waals surface area contributed by atoms with E-state index in [4.69, 9.17) is 5.26 Å². The van der Waals surface area contributed by atoms with Crippen LogP contribution < -0.4 is 11.2 Å². The van der Waals surface area contributed by atoms with Gasteiger partial charge in [-0.3, -0.25) is 14.8 Å². The fourth-order valence-electron chi connectivity index (χ4n) is 2.63. The predicted octanol–water partition coefficient (Wildman–Crippen LogP) is 1.54. The number of benzene rings is 1. The molecule has 0 saturated heterocycles. The molecule has 1 aromatic carbocycles. The van der Waals surface area contributed by atoms with Crippen LogP contribution in [0.2, 0.25) is 0 Å². The third kappa shape index (κ3) is 2.50. The zero-order chi connectivity index (χ0) is 17.4. The van der Waals surface area contributed by atoms with Gasteiger partial charge in [-0.1, -0.05) is 12.1 Å². The Hall–Kier alpha value is -3.21. The van der Waals surface area contributed by atoms with Crippen molar-refractivity contribution in [1.29, 1.82) is 5.26 Å². The minimum absolute atomic E-state index is 0.0758. The number of nitrogens with zero attached hydrogens (tertiary/aromatic N) is 3. The highest BCUT2D eigenvalue weighted by Gasteiger charge is 2.20. The van der Waals surface area contributed by atoms with E-state index in [0.717, 1.165) is 0 Å². The number of halogens is 1. The zero-order valence-electron chi connectivity index (χ0n) is 13.1. The van der Waals surface area contributed by atoms with Crippen molar-refractivity contribution in [3.05, 3.63) is 61.7 Å². The van der Waals surface area contributed by atoms with Crippen molar-refractivity contribution >= 4 is 11.0 Å². The Labute approximate surface area is 135 Å². The van der Waals surface area contributed by atoms with Crippen LogP contribution >= 0.6 is 0 Å². The molecule has 3 aromatic rings. The second-order valence-corrected chi connectivity index (χ2v) is 5.54. The summed E-state index contributed by atoms with van der Waals surface area (Å²) in [6, 6.07) is 6.31. The van der Waals surface area contributed by atoms with E-state index in [-0.39, 0.29) is 29.0 Å². The maximum Gasteiger partial charge on any atom is 0.327 e. The largest absolute Gasteiger partial charge is 0.327 e. The lowest BCUT2D eigenvalue weighted by Crippen LogP contribution is -2.23. The first-order chi connectivity index (χ1) is 11.4. The lowest BCUT2D eigenvalue weighted by Gasteiger charge is -2.14. The Bertz CT molecular complexity index is 1090. The minimum Gasteiger partial charge on any atom is -0.292 e. The first-order valence-corrected chi connectivity index (χ1v) is 7.29. The van der Waals surface area contributed by atoms with Crippen LogP contribution in [0.1, 0.15) is 29.8 Å². The molecule has 1 unspecified atom stereocenters. The van der Waals surface area contributed by atoms with Gasteiger partial charge in [-0.2, -0.15) is 10.4 Å². The van der Waals surface area contributed by atoms with Crippen LogP contribution in [0.15, 0.2) is 27.8 Å². The Kier molecular flexibility index (Phi) is 3.77. The maximum atomic E-state index is 13.8. The van der Waals surface area contributed by atoms with Gasteiger partial charge >= 0.3 is 5.69 Å². The number of nitriles is 1. The topological polar surface area (TPSA) is 107 Å². The number of aryl methyl sites for hydroxylation is 1. The fourth-order valence-corrected chi connectivity index (χ4v) is 2.63. The second kappa shape index (κ2) is 5.77. The third-order valence-corrected chi connectivity index (χ3v) is 3.96. The van der Waals surface area contributed by atoms with Crippen molar-refractivity contribution in [3.63, 3.8) is 0 Å². The van der Waals surface area contributed by atoms with Gasteiger partial charge in [-0.05, 0) is 31.0 Å². The summed E-state index contributed by atoms with van der Waals surface area (Å²) >= 11 is 0. The summed E-state index contributed by atoms with van der Waals surface area (Å²) in [7, 11) is 0. The molecule has 8 heteroatoms. The summed E-state index contributed by atoms with van der Waals surface area (Å²) < 4.78 is 15.3. The van der Waals surface area contributed by atoms with Crippen molar-refractivity contribution in [1.82, 2.24) is 19.7 Å². The van der Waals surface area contributed by atoms with Gasteiger partial charge in [0.25, 0.3) is 5.56 Å². The number of aromatic nitrogens is 4. The normalized spacial score (nSPS) is 12.2. The minimum atomic E-state index is -0.667. The van der Waals surface area contributed by atoms with Crippen molar-refractivity contribution in [2.75, 3.05) is 0 Å². The van der Waals surface area contributed by atoms with Crippen molar-refractivity contribution < 1.29 is 4.39 Å². The molecule has 0 aliphatic rings. The van der Waals surface area contributed by atoms with E-state index < -0.39 is 17.3 Å². The Morgan fingerprint density at radius 1 is 1.38 bits per heavy atom. The summed E-state index contributed by atoms with van der Waals surface area (Å²) in [5.74, 6) is -0.348. The molecule has 0 saturated carbocycles. The first-order valence-electron chi connectivity index (χ1n) is 7.29. The highest BCUT2D eigenvalue weighted by molar-refractivity contribution is 5.77. The number of hydrogen-bond acceptors (Lipinski definition) is 4. The smallest absolute Gasteiger partial charge is 0.292 e. The number of H-pyrrole nitrogens is 2. The van der Waals surface area contributed by atoms with E-state index in [9.17, 15) is 14.0 Å². The number of aromatic amines is 2. The van der Waals surface area contributed by atoms with Gasteiger partial charge in [0.2, 0.25) is 0 Å². The molecular formula is C16H14FN5O2. The molecule has 0 radical (unpaired) electrons. The van der Waals surface area contributed by atoms with Gasteiger partial charge in [0, 0.05) is 0 Å². The highest BCUT2D eigenvalue weighted by atomic mass is 19.1. The maximum absolute atomic E-state index is 13.8. The summed E-state index contributed by atoms with van der Waals surface area (Å²) in [4.78, 5) is 28.3. The number of hydrogen-bond donors (Lipinski definition) is 2. The van der Waals surface area contributed by atoms with E-state index in [1.165, 1.54) is 10.7 Å². The molecule has 122 valence electrons. The van der Waals surface area contributed by atoms with Crippen molar-refractivity contribution in [3.8, 4) is 6.07 Å². The molecule has 2 N–H and O–H groups in total. The summed E-state index contributed by atoms with van der Waals surface area (Å²) in [5.41, 5.74) is 0.359. The zero-order valence-corrected chi connectivity index (χ0v) is 13.1. The van der Waals surface area contributed by atoms with Gasteiger partial charge < -0.3 is 0 Å². The molecule has 24 heavy (non-hydrogen) atoms. The quantitative estimate of drug-likeness (QED) is 0.760. The molecule has 7 nitrogen and oxygen atoms in total. The van der Waals surface area contributed by atoms with Crippen LogP contribution in [-0.2, 0) is 6.42 Å². The van der Waals surface area contributed by atoms with Crippen molar-refractivity contribution in [2.45, 2.75) is 26.3 Å². The van der Waals surface area contributed by atoms with Gasteiger partial charge in [0.05, 0.1) is 24.2 Å². The standard InChI is InChI=1S/C16H14FN5O2/c1-8-3-4-10(7-11(8)17)9(2)22-14-13(12(21-22)5-6-18)15(23)20-16(24)19-14/h3-4,7,9H,5H2,1-2H3,(H2,19,20,23,24). The first kappa shape index (κ1) is 15.7. The number of nitrogens with one attached hydrogen (secondary N) is 2. The average Bonchev–Trinajstić information content (AvgIpc) is 2.88. The van der Waals surface area contributed by atoms with Crippen LogP contribution in [0.25, 0.3) is 11.0 Å². The molecule has 0 aliphatic carbocycles. The molecule has 1 atom stereocenters. The van der Waals surface area contributed by atoms with E-state index >= 15 is 0 Å². The molecule has 2 heterocycles. The lowest BCUT2D eigenvalue weighted by atomic mass is 10.1. The molecule has 0 spiro atoms. The molecule has 0 aliphatic heterocycles. The van der Waals surface area contributed by atoms with Crippen molar-refractivity contribution in [2.24, 2.45) is 0 Å². The monoisotopic (exact) mass is 327 g/mol. The van der Waals surface area contributed by atoms with Gasteiger partial charge in [0.15, 0.2) is 0 Å². The van der Waals surface area contributed by atoms with Crippen LogP contribution in [0.5, 0.6) is 0 Å². The summed E-state index contributed by atoms with van der Waals surface area (Å²) in [5, 5.41) is 13.4. The van der Waals surface area contributed by atoms with Crippen LogP contribution in [-0.4, -0.2) is 19.7 Å². The predicted molar refractivity (Wildman–Crippen MR) is 85.2 cm³/mol. The van der Waals surface area contributed by atoms with E-state index in [1.54, 1.807) is 26.0 Å². The van der Waals surface area contributed by atoms with Crippen LogP contribution in [0.4, 0.5) is 4.39 Å². The SMILES string of the molecule is Cc1ccc(C(C)n2nc(CC#N)c3c(=O)[nH]c(=O)[nH]c32)cc1F. The third-order valence-electron chi connectivity index (χ3n) is 3.96. The van der Waals surface area contributed by atoms with Gasteiger partial charge in [-0.25, -0.2) is 13.9 Å². The molecule has 0 bridgehead atoms. The Morgan fingerprint density at radius 3 is 2.79 bits per heavy atom. The molecular weight excluding hydrogens is 313 g/mol. The average molecular weight is 327 g/mol. The summed E-state index contributed by atoms with van der Waals surface area (Å²) in [6.45, 7) is 3.43. The second-order valence-electron chi connectivity index (χ2n) is 5.54. The number of rotatable bonds is 3. The Morgan fingerprint density at radius 2 is 2.12 bits per heavy atom. The van der Waals surface area contributed by atoms with E-state index in [2.05, 4.69) is 15.1 Å². The van der Waals surface area contributed by atoms with Crippen LogP contribution in [0, 0.1) is 24.1 Å². The van der Waals surface area contributed by atoms with E-state index in [1.807, 2.05) is 6.07 Å². The van der Waals surface area contributed by atoms with Crippen LogP contribution in [0.3, 0.4) is 0 Å². The summed E-state index contributed by atoms with van der Waals surface area (Å²) in [6.07, 6.45) is -0.0758. The Balaban J connectivity index is 2.25. The fraction of sp³-hybridized carbons (Fsp3) is 0.250. The van der Waals surface area contributed by atoms with Gasteiger partial charge in [0.1, 0.15) is 16.9 Å². The number of fused-ring (bicyclic) bond motifs is 1. The lowest BCUT2D eigenvalue weighted by molar-refractivity contribution is 0.561. The molecule has 0 amide bonds. The highest BCUT2D eigenvalue weighted by Crippen LogP contribution is 2.23. The molecule has 0 fully saturated rings. The molecule has 2 aromatic heterocycles. The van der Waals surface area contributed by atoms with Gasteiger partial charge in [-0.15, -0.1) is 0 Å². The van der Waals surface area contributed by atoms with E-state index in [0.29, 0.717) is 11.1 Å². The molecule has 3 rings (SSSR count).